The molecule has 2 aliphatic heterocycles. The Morgan fingerprint density at radius 3 is 2.37 bits per heavy atom. The van der Waals surface area contributed by atoms with Crippen LogP contribution < -0.4 is 20.4 Å². The van der Waals surface area contributed by atoms with Gasteiger partial charge in [-0.2, -0.15) is 0 Å². The predicted molar refractivity (Wildman–Crippen MR) is 118 cm³/mol. The zero-order chi connectivity index (χ0) is 20.6. The second-order valence-electron chi connectivity index (χ2n) is 7.71. The number of amides is 2. The van der Waals surface area contributed by atoms with Gasteiger partial charge in [0.25, 0.3) is 0 Å². The van der Waals surface area contributed by atoms with Crippen LogP contribution in [0, 0.1) is 0 Å². The van der Waals surface area contributed by atoms with Crippen molar-refractivity contribution >= 4 is 23.5 Å². The summed E-state index contributed by atoms with van der Waals surface area (Å²) in [7, 11) is 0. The van der Waals surface area contributed by atoms with Crippen LogP contribution in [0.2, 0.25) is 0 Å². The molecule has 30 heavy (non-hydrogen) atoms. The number of nitrogens with one attached hydrogen (secondary N) is 2. The summed E-state index contributed by atoms with van der Waals surface area (Å²) in [5.74, 6) is 1.77. The van der Waals surface area contributed by atoms with Crippen molar-refractivity contribution in [1.82, 2.24) is 25.2 Å². The number of anilines is 3. The summed E-state index contributed by atoms with van der Waals surface area (Å²) in [5.41, 5.74) is 0.713. The van der Waals surface area contributed by atoms with Gasteiger partial charge >= 0.3 is 6.03 Å². The summed E-state index contributed by atoms with van der Waals surface area (Å²) < 4.78 is 0. The molecule has 2 fully saturated rings. The molecule has 160 valence electrons. The second kappa shape index (κ2) is 10.2. The van der Waals surface area contributed by atoms with E-state index in [4.69, 9.17) is 0 Å². The molecule has 2 saturated heterocycles. The minimum atomic E-state index is -0.196. The van der Waals surface area contributed by atoms with E-state index in [9.17, 15) is 4.79 Å². The molecule has 9 nitrogen and oxygen atoms in total. The van der Waals surface area contributed by atoms with E-state index in [1.54, 1.807) is 18.6 Å². The van der Waals surface area contributed by atoms with Crippen LogP contribution in [0.4, 0.5) is 22.2 Å². The van der Waals surface area contributed by atoms with E-state index >= 15 is 0 Å². The van der Waals surface area contributed by atoms with E-state index in [-0.39, 0.29) is 6.03 Å². The Hall–Kier alpha value is -2.94. The maximum Gasteiger partial charge on any atom is 0.319 e. The first-order chi connectivity index (χ1) is 14.8. The number of piperazine rings is 1. The van der Waals surface area contributed by atoms with Crippen molar-refractivity contribution in [1.29, 1.82) is 0 Å². The molecule has 0 unspecified atom stereocenters. The molecule has 0 radical (unpaired) electrons. The minimum Gasteiger partial charge on any atom is -0.357 e. The van der Waals surface area contributed by atoms with Crippen LogP contribution in [0.5, 0.6) is 0 Å². The summed E-state index contributed by atoms with van der Waals surface area (Å²) in [6, 6.07) is 5.53. The Morgan fingerprint density at radius 2 is 1.67 bits per heavy atom. The van der Waals surface area contributed by atoms with Crippen molar-refractivity contribution in [3.05, 3.63) is 36.8 Å². The molecular formula is C21H30N8O. The average Bonchev–Trinajstić information content (AvgIpc) is 2.81. The quantitative estimate of drug-likeness (QED) is 0.751. The van der Waals surface area contributed by atoms with Crippen molar-refractivity contribution < 1.29 is 4.79 Å². The molecule has 2 N–H and O–H groups in total. The molecular weight excluding hydrogens is 380 g/mol. The van der Waals surface area contributed by atoms with Crippen LogP contribution in [0.15, 0.2) is 36.8 Å². The van der Waals surface area contributed by atoms with Crippen LogP contribution in [-0.4, -0.2) is 78.2 Å². The fraction of sp³-hybridized carbons (Fsp3) is 0.524. The molecule has 2 aromatic rings. The van der Waals surface area contributed by atoms with Gasteiger partial charge in [-0.25, -0.2) is 19.7 Å². The predicted octanol–water partition coefficient (Wildman–Crippen LogP) is 1.81. The summed E-state index contributed by atoms with van der Waals surface area (Å²) >= 11 is 0. The molecule has 4 heterocycles. The third kappa shape index (κ3) is 5.56. The lowest BCUT2D eigenvalue weighted by Crippen LogP contribution is -2.49. The molecule has 4 rings (SSSR count). The van der Waals surface area contributed by atoms with Crippen LogP contribution in [0.1, 0.15) is 19.3 Å². The number of aromatic nitrogens is 3. The SMILES string of the molecule is O=C(NCCN1CCN(c2ncccn2)CC1)Nc1ccc(N2CCCCC2)nc1. The Balaban J connectivity index is 1.14. The molecule has 2 aliphatic rings. The Morgan fingerprint density at radius 1 is 0.900 bits per heavy atom. The number of piperidine rings is 1. The first-order valence-corrected chi connectivity index (χ1v) is 10.8. The largest absolute Gasteiger partial charge is 0.357 e. The van der Waals surface area contributed by atoms with Crippen molar-refractivity contribution in [3.8, 4) is 0 Å². The summed E-state index contributed by atoms with van der Waals surface area (Å²) in [4.78, 5) is 32.1. The van der Waals surface area contributed by atoms with Gasteiger partial charge < -0.3 is 20.4 Å². The van der Waals surface area contributed by atoms with Gasteiger partial charge in [0.2, 0.25) is 5.95 Å². The van der Waals surface area contributed by atoms with Gasteiger partial charge in [0, 0.05) is 64.8 Å². The van der Waals surface area contributed by atoms with Crippen molar-refractivity contribution in [2.45, 2.75) is 19.3 Å². The second-order valence-corrected chi connectivity index (χ2v) is 7.71. The molecule has 0 saturated carbocycles. The van der Waals surface area contributed by atoms with Gasteiger partial charge in [-0.1, -0.05) is 0 Å². The lowest BCUT2D eigenvalue weighted by Gasteiger charge is -2.34. The van der Waals surface area contributed by atoms with E-state index < -0.39 is 0 Å². The molecule has 0 aliphatic carbocycles. The minimum absolute atomic E-state index is 0.196. The Bertz CT molecular complexity index is 786. The maximum atomic E-state index is 12.2. The summed E-state index contributed by atoms with van der Waals surface area (Å²) in [5, 5.41) is 5.80. The number of hydrogen-bond acceptors (Lipinski definition) is 7. The third-order valence-electron chi connectivity index (χ3n) is 5.61. The number of nitrogens with zero attached hydrogens (tertiary/aromatic N) is 6. The van der Waals surface area contributed by atoms with Gasteiger partial charge in [-0.05, 0) is 37.5 Å². The number of carbonyl (C=O) groups is 1. The Kier molecular flexibility index (Phi) is 6.91. The fourth-order valence-electron chi connectivity index (χ4n) is 3.90. The third-order valence-corrected chi connectivity index (χ3v) is 5.61. The lowest BCUT2D eigenvalue weighted by atomic mass is 10.1. The number of carbonyl (C=O) groups excluding carboxylic acids is 1. The highest BCUT2D eigenvalue weighted by Gasteiger charge is 2.18. The van der Waals surface area contributed by atoms with Crippen molar-refractivity contribution in [3.63, 3.8) is 0 Å². The van der Waals surface area contributed by atoms with E-state index in [0.29, 0.717) is 12.2 Å². The molecule has 0 spiro atoms. The van der Waals surface area contributed by atoms with Crippen molar-refractivity contribution in [2.24, 2.45) is 0 Å². The van der Waals surface area contributed by atoms with E-state index in [1.165, 1.54) is 19.3 Å². The normalized spacial score (nSPS) is 17.6. The monoisotopic (exact) mass is 410 g/mol. The average molecular weight is 411 g/mol. The number of rotatable bonds is 6. The van der Waals surface area contributed by atoms with Crippen LogP contribution >= 0.6 is 0 Å². The van der Waals surface area contributed by atoms with Gasteiger partial charge in [0.15, 0.2) is 0 Å². The van der Waals surface area contributed by atoms with Crippen LogP contribution in [0.25, 0.3) is 0 Å². The molecule has 9 heteroatoms. The van der Waals surface area contributed by atoms with Crippen LogP contribution in [-0.2, 0) is 0 Å². The van der Waals surface area contributed by atoms with E-state index in [0.717, 1.165) is 57.6 Å². The first kappa shape index (κ1) is 20.3. The Labute approximate surface area is 177 Å². The number of hydrogen-bond donors (Lipinski definition) is 2. The van der Waals surface area contributed by atoms with Crippen molar-refractivity contribution in [2.75, 3.05) is 67.5 Å². The molecule has 2 amide bonds. The first-order valence-electron chi connectivity index (χ1n) is 10.8. The summed E-state index contributed by atoms with van der Waals surface area (Å²) in [6.45, 7) is 7.21. The molecule has 0 atom stereocenters. The van der Waals surface area contributed by atoms with E-state index in [2.05, 4.69) is 40.3 Å². The number of urea groups is 1. The maximum absolute atomic E-state index is 12.2. The van der Waals surface area contributed by atoms with Gasteiger partial charge in [0.05, 0.1) is 11.9 Å². The molecule has 0 bridgehead atoms. The van der Waals surface area contributed by atoms with Gasteiger partial charge in [0.1, 0.15) is 5.82 Å². The highest BCUT2D eigenvalue weighted by atomic mass is 16.2. The van der Waals surface area contributed by atoms with Crippen LogP contribution in [0.3, 0.4) is 0 Å². The topological polar surface area (TPSA) is 89.5 Å². The standard InChI is InChI=1S/C21H30N8O/c30-21(26-18-5-6-19(25-17-18)28-10-2-1-3-11-28)24-9-12-27-13-15-29(16-14-27)20-22-7-4-8-23-20/h4-8,17H,1-3,9-16H2,(H2,24,26,30). The number of pyridine rings is 1. The lowest BCUT2D eigenvalue weighted by molar-refractivity contribution is 0.240. The highest BCUT2D eigenvalue weighted by Crippen LogP contribution is 2.18. The van der Waals surface area contributed by atoms with Gasteiger partial charge in [-0.15, -0.1) is 0 Å². The zero-order valence-electron chi connectivity index (χ0n) is 17.3. The fourth-order valence-corrected chi connectivity index (χ4v) is 3.90. The zero-order valence-corrected chi connectivity index (χ0v) is 17.3. The van der Waals surface area contributed by atoms with Gasteiger partial charge in [-0.3, -0.25) is 4.90 Å². The smallest absolute Gasteiger partial charge is 0.319 e. The highest BCUT2D eigenvalue weighted by molar-refractivity contribution is 5.89. The summed E-state index contributed by atoms with van der Waals surface area (Å²) in [6.07, 6.45) is 9.02. The molecule has 2 aromatic heterocycles. The van der Waals surface area contributed by atoms with E-state index in [1.807, 2.05) is 18.2 Å². The molecule has 0 aromatic carbocycles.